The third kappa shape index (κ3) is 3.31. The Morgan fingerprint density at radius 3 is 2.90 bits per heavy atom. The smallest absolute Gasteiger partial charge is 0.328 e. The van der Waals surface area contributed by atoms with E-state index >= 15 is 0 Å². The van der Waals surface area contributed by atoms with E-state index in [0.717, 1.165) is 0 Å². The van der Waals surface area contributed by atoms with E-state index in [2.05, 4.69) is 5.32 Å². The van der Waals surface area contributed by atoms with Gasteiger partial charge in [-0.2, -0.15) is 0 Å². The number of hydrogen-bond donors (Lipinski definition) is 2. The number of carbonyl (C=O) groups excluding carboxylic acids is 1. The molecule has 0 aliphatic carbocycles. The summed E-state index contributed by atoms with van der Waals surface area (Å²) in [6, 6.07) is 3.55. The van der Waals surface area contributed by atoms with Crippen LogP contribution in [0.2, 0.25) is 0 Å². The molecular formula is C14H14FNO5. The topological polar surface area (TPSA) is 84.9 Å². The Kier molecular flexibility index (Phi) is 4.42. The average Bonchev–Trinajstić information content (AvgIpc) is 2.50. The maximum Gasteiger partial charge on any atom is 0.328 e. The van der Waals surface area contributed by atoms with Crippen molar-refractivity contribution < 1.29 is 28.6 Å². The first kappa shape index (κ1) is 14.8. The molecule has 0 saturated heterocycles. The van der Waals surface area contributed by atoms with E-state index in [1.165, 1.54) is 7.11 Å². The first-order valence-electron chi connectivity index (χ1n) is 6.16. The standard InChI is InChI=1S/C14H14FNO5/c1-20-10-2-3-12-8(5-10)4-9(7-21-12)13(17)16-11(6-15)14(18)19/h2-5,11H,6-7H2,1H3,(H,16,17)(H,18,19). The minimum Gasteiger partial charge on any atom is -0.497 e. The summed E-state index contributed by atoms with van der Waals surface area (Å²) >= 11 is 0. The fraction of sp³-hybridized carbons (Fsp3) is 0.286. The molecule has 0 aromatic heterocycles. The summed E-state index contributed by atoms with van der Waals surface area (Å²) < 4.78 is 23.0. The van der Waals surface area contributed by atoms with Crippen molar-refractivity contribution >= 4 is 18.0 Å². The molecule has 6 nitrogen and oxygen atoms in total. The summed E-state index contributed by atoms with van der Waals surface area (Å²) in [5.74, 6) is -0.908. The number of hydrogen-bond acceptors (Lipinski definition) is 4. The molecule has 0 saturated carbocycles. The fourth-order valence-corrected chi connectivity index (χ4v) is 1.83. The van der Waals surface area contributed by atoms with Crippen molar-refractivity contribution in [2.24, 2.45) is 0 Å². The third-order valence-electron chi connectivity index (χ3n) is 2.98. The summed E-state index contributed by atoms with van der Waals surface area (Å²) in [5.41, 5.74) is 0.855. The minimum absolute atomic E-state index is 0.0101. The van der Waals surface area contributed by atoms with Crippen LogP contribution in [0, 0.1) is 0 Å². The summed E-state index contributed by atoms with van der Waals surface area (Å²) in [7, 11) is 1.52. The molecule has 1 aliphatic heterocycles. The minimum atomic E-state index is -1.56. The summed E-state index contributed by atoms with van der Waals surface area (Å²) in [6.45, 7) is -1.19. The maximum atomic E-state index is 12.5. The van der Waals surface area contributed by atoms with Gasteiger partial charge in [0, 0.05) is 5.56 Å². The van der Waals surface area contributed by atoms with Crippen LogP contribution in [-0.4, -0.2) is 43.4 Å². The SMILES string of the molecule is COc1ccc2c(c1)C=C(C(=O)NC(CF)C(=O)O)CO2. The lowest BCUT2D eigenvalue weighted by Crippen LogP contribution is -2.43. The Bertz CT molecular complexity index is 599. The van der Waals surface area contributed by atoms with Gasteiger partial charge in [0.25, 0.3) is 5.91 Å². The van der Waals surface area contributed by atoms with Crippen LogP contribution in [0.5, 0.6) is 11.5 Å². The van der Waals surface area contributed by atoms with Crippen LogP contribution in [0.25, 0.3) is 6.08 Å². The molecule has 1 aromatic rings. The molecule has 2 N–H and O–H groups in total. The molecule has 1 unspecified atom stereocenters. The monoisotopic (exact) mass is 295 g/mol. The van der Waals surface area contributed by atoms with Crippen LogP contribution in [0.3, 0.4) is 0 Å². The van der Waals surface area contributed by atoms with Gasteiger partial charge < -0.3 is 19.9 Å². The zero-order chi connectivity index (χ0) is 15.4. The highest BCUT2D eigenvalue weighted by molar-refractivity contribution is 6.00. The van der Waals surface area contributed by atoms with Gasteiger partial charge in [0.1, 0.15) is 24.8 Å². The lowest BCUT2D eigenvalue weighted by Gasteiger charge is -2.19. The highest BCUT2D eigenvalue weighted by Gasteiger charge is 2.24. The second kappa shape index (κ2) is 6.25. The lowest BCUT2D eigenvalue weighted by atomic mass is 10.1. The van der Waals surface area contributed by atoms with Gasteiger partial charge in [0.05, 0.1) is 12.7 Å². The van der Waals surface area contributed by atoms with Gasteiger partial charge in [-0.05, 0) is 24.3 Å². The summed E-state index contributed by atoms with van der Waals surface area (Å²) in [4.78, 5) is 22.6. The van der Waals surface area contributed by atoms with E-state index in [9.17, 15) is 14.0 Å². The molecule has 7 heteroatoms. The van der Waals surface area contributed by atoms with E-state index in [4.69, 9.17) is 14.6 Å². The molecule has 1 atom stereocenters. The van der Waals surface area contributed by atoms with E-state index in [1.54, 1.807) is 24.3 Å². The molecule has 1 aromatic carbocycles. The molecule has 0 radical (unpaired) electrons. The van der Waals surface area contributed by atoms with Crippen molar-refractivity contribution in [1.29, 1.82) is 0 Å². The van der Waals surface area contributed by atoms with E-state index in [0.29, 0.717) is 17.1 Å². The second-order valence-corrected chi connectivity index (χ2v) is 4.38. The Morgan fingerprint density at radius 2 is 2.29 bits per heavy atom. The van der Waals surface area contributed by atoms with Crippen LogP contribution in [-0.2, 0) is 9.59 Å². The Balaban J connectivity index is 2.19. The molecule has 21 heavy (non-hydrogen) atoms. The predicted octanol–water partition coefficient (Wildman–Crippen LogP) is 1.01. The van der Waals surface area contributed by atoms with Gasteiger partial charge in [0.2, 0.25) is 0 Å². The number of ether oxygens (including phenoxy) is 2. The molecular weight excluding hydrogens is 281 g/mol. The second-order valence-electron chi connectivity index (χ2n) is 4.38. The summed E-state index contributed by atoms with van der Waals surface area (Å²) in [5, 5.41) is 10.8. The lowest BCUT2D eigenvalue weighted by molar-refractivity contribution is -0.141. The van der Waals surface area contributed by atoms with Crippen molar-refractivity contribution in [3.63, 3.8) is 0 Å². The number of fused-ring (bicyclic) bond motifs is 1. The molecule has 0 spiro atoms. The third-order valence-corrected chi connectivity index (χ3v) is 2.98. The summed E-state index contributed by atoms with van der Waals surface area (Å²) in [6.07, 6.45) is 1.56. The van der Waals surface area contributed by atoms with Gasteiger partial charge in [0.15, 0.2) is 6.04 Å². The van der Waals surface area contributed by atoms with E-state index in [1.807, 2.05) is 0 Å². The van der Waals surface area contributed by atoms with E-state index in [-0.39, 0.29) is 12.2 Å². The number of alkyl halides is 1. The first-order valence-corrected chi connectivity index (χ1v) is 6.16. The zero-order valence-electron chi connectivity index (χ0n) is 11.3. The predicted molar refractivity (Wildman–Crippen MR) is 72.0 cm³/mol. The average molecular weight is 295 g/mol. The van der Waals surface area contributed by atoms with Crippen molar-refractivity contribution in [1.82, 2.24) is 5.32 Å². The van der Waals surface area contributed by atoms with Crippen LogP contribution in [0.4, 0.5) is 4.39 Å². The Morgan fingerprint density at radius 1 is 1.52 bits per heavy atom. The maximum absolute atomic E-state index is 12.5. The number of carboxylic acid groups (broad SMARTS) is 1. The highest BCUT2D eigenvalue weighted by Crippen LogP contribution is 2.29. The largest absolute Gasteiger partial charge is 0.497 e. The Labute approximate surface area is 120 Å². The molecule has 0 bridgehead atoms. The van der Waals surface area contributed by atoms with Gasteiger partial charge >= 0.3 is 5.97 Å². The van der Waals surface area contributed by atoms with Crippen molar-refractivity contribution in [2.45, 2.75) is 6.04 Å². The Hall–Kier alpha value is -2.57. The number of methoxy groups -OCH3 is 1. The van der Waals surface area contributed by atoms with Gasteiger partial charge in [-0.1, -0.05) is 0 Å². The quantitative estimate of drug-likeness (QED) is 0.847. The molecule has 1 amide bonds. The normalized spacial score (nSPS) is 14.3. The van der Waals surface area contributed by atoms with Crippen molar-refractivity contribution in [3.05, 3.63) is 29.3 Å². The highest BCUT2D eigenvalue weighted by atomic mass is 19.1. The van der Waals surface area contributed by atoms with Crippen LogP contribution >= 0.6 is 0 Å². The number of carbonyl (C=O) groups is 2. The number of halogens is 1. The number of rotatable bonds is 5. The van der Waals surface area contributed by atoms with Gasteiger partial charge in [-0.15, -0.1) is 0 Å². The fourth-order valence-electron chi connectivity index (χ4n) is 1.83. The zero-order valence-corrected chi connectivity index (χ0v) is 11.3. The number of aliphatic carboxylic acids is 1. The van der Waals surface area contributed by atoms with Crippen LogP contribution in [0.1, 0.15) is 5.56 Å². The number of carboxylic acids is 1. The first-order chi connectivity index (χ1) is 10.0. The van der Waals surface area contributed by atoms with Crippen molar-refractivity contribution in [2.75, 3.05) is 20.4 Å². The van der Waals surface area contributed by atoms with Crippen LogP contribution in [0.15, 0.2) is 23.8 Å². The molecule has 1 aliphatic rings. The molecule has 0 fully saturated rings. The van der Waals surface area contributed by atoms with Crippen LogP contribution < -0.4 is 14.8 Å². The molecule has 1 heterocycles. The van der Waals surface area contributed by atoms with E-state index < -0.39 is 24.6 Å². The molecule has 2 rings (SSSR count). The number of amides is 1. The van der Waals surface area contributed by atoms with Gasteiger partial charge in [-0.25, -0.2) is 9.18 Å². The molecule has 112 valence electrons. The number of nitrogens with one attached hydrogen (secondary N) is 1. The van der Waals surface area contributed by atoms with Crippen molar-refractivity contribution in [3.8, 4) is 11.5 Å². The number of benzene rings is 1. The van der Waals surface area contributed by atoms with Gasteiger partial charge in [-0.3, -0.25) is 4.79 Å².